The Morgan fingerprint density at radius 2 is 1.85 bits per heavy atom. The molecule has 0 bridgehead atoms. The Morgan fingerprint density at radius 1 is 1.04 bits per heavy atom. The van der Waals surface area contributed by atoms with Crippen LogP contribution in [0.3, 0.4) is 0 Å². The number of aromatic nitrogens is 5. The van der Waals surface area contributed by atoms with Crippen molar-refractivity contribution >= 4 is 11.8 Å². The second-order valence-electron chi connectivity index (χ2n) is 6.68. The third kappa shape index (κ3) is 3.88. The number of piperidine rings is 1. The molecule has 0 amide bonds. The van der Waals surface area contributed by atoms with E-state index in [1.807, 2.05) is 18.6 Å². The summed E-state index contributed by atoms with van der Waals surface area (Å²) in [5.41, 5.74) is 1.33. The highest BCUT2D eigenvalue weighted by atomic mass is 15.2. The summed E-state index contributed by atoms with van der Waals surface area (Å²) in [6.07, 6.45) is 11.5. The van der Waals surface area contributed by atoms with E-state index in [4.69, 9.17) is 0 Å². The third-order valence-electron chi connectivity index (χ3n) is 4.93. The molecule has 26 heavy (non-hydrogen) atoms. The van der Waals surface area contributed by atoms with Crippen molar-refractivity contribution in [3.63, 3.8) is 0 Å². The van der Waals surface area contributed by atoms with Crippen LogP contribution in [0.15, 0.2) is 49.2 Å². The summed E-state index contributed by atoms with van der Waals surface area (Å²) in [7, 11) is 2.05. The zero-order valence-electron chi connectivity index (χ0n) is 14.9. The van der Waals surface area contributed by atoms with Gasteiger partial charge in [0.15, 0.2) is 0 Å². The fourth-order valence-electron chi connectivity index (χ4n) is 3.42. The van der Waals surface area contributed by atoms with E-state index in [0.29, 0.717) is 11.9 Å². The molecule has 4 heterocycles. The Bertz CT molecular complexity index is 838. The predicted octanol–water partition coefficient (Wildman–Crippen LogP) is 2.73. The van der Waals surface area contributed by atoms with Crippen LogP contribution < -0.4 is 5.32 Å². The van der Waals surface area contributed by atoms with Crippen molar-refractivity contribution < 1.29 is 0 Å². The van der Waals surface area contributed by atoms with Gasteiger partial charge in [-0.2, -0.15) is 0 Å². The first-order valence-electron chi connectivity index (χ1n) is 8.96. The molecule has 1 N–H and O–H groups in total. The molecule has 0 atom stereocenters. The van der Waals surface area contributed by atoms with E-state index in [9.17, 15) is 0 Å². The van der Waals surface area contributed by atoms with Crippen LogP contribution in [0.25, 0.3) is 0 Å². The summed E-state index contributed by atoms with van der Waals surface area (Å²) in [6.45, 7) is 3.10. The molecule has 0 unspecified atom stereocenters. The van der Waals surface area contributed by atoms with Crippen molar-refractivity contribution in [3.8, 4) is 0 Å². The Balaban J connectivity index is 1.37. The van der Waals surface area contributed by atoms with Crippen molar-refractivity contribution in [1.82, 2.24) is 29.4 Å². The summed E-state index contributed by atoms with van der Waals surface area (Å²) in [4.78, 5) is 19.7. The number of nitrogens with one attached hydrogen (secondary N) is 1. The highest BCUT2D eigenvalue weighted by molar-refractivity contribution is 5.48. The van der Waals surface area contributed by atoms with Crippen molar-refractivity contribution in [1.29, 1.82) is 0 Å². The van der Waals surface area contributed by atoms with E-state index < -0.39 is 0 Å². The van der Waals surface area contributed by atoms with Crippen molar-refractivity contribution in [2.45, 2.75) is 25.3 Å². The van der Waals surface area contributed by atoms with Gasteiger partial charge in [0.05, 0.1) is 6.54 Å². The van der Waals surface area contributed by atoms with Crippen molar-refractivity contribution in [2.24, 2.45) is 7.05 Å². The summed E-state index contributed by atoms with van der Waals surface area (Å²) in [6, 6.07) is 6.04. The van der Waals surface area contributed by atoms with Gasteiger partial charge in [-0.1, -0.05) is 0 Å². The van der Waals surface area contributed by atoms with E-state index in [-0.39, 0.29) is 0 Å². The molecule has 1 aliphatic heterocycles. The monoisotopic (exact) mass is 349 g/mol. The number of hydrogen-bond donors (Lipinski definition) is 1. The van der Waals surface area contributed by atoms with Crippen LogP contribution in [0.2, 0.25) is 0 Å². The Morgan fingerprint density at radius 3 is 2.58 bits per heavy atom. The topological polar surface area (TPSA) is 71.8 Å². The maximum absolute atomic E-state index is 4.43. The zero-order valence-corrected chi connectivity index (χ0v) is 14.9. The molecule has 0 saturated carbocycles. The molecule has 4 rings (SSSR count). The molecule has 1 fully saturated rings. The second kappa shape index (κ2) is 7.61. The maximum atomic E-state index is 4.43. The average Bonchev–Trinajstić information content (AvgIpc) is 3.08. The minimum absolute atomic E-state index is 0.563. The number of rotatable bonds is 5. The fourth-order valence-corrected chi connectivity index (χ4v) is 3.42. The van der Waals surface area contributed by atoms with Crippen molar-refractivity contribution in [2.75, 3.05) is 18.4 Å². The first-order chi connectivity index (χ1) is 12.8. The minimum Gasteiger partial charge on any atom is -0.337 e. The Hall–Kier alpha value is -2.80. The lowest BCUT2D eigenvalue weighted by Crippen LogP contribution is -2.33. The van der Waals surface area contributed by atoms with E-state index >= 15 is 0 Å². The highest BCUT2D eigenvalue weighted by Crippen LogP contribution is 2.29. The van der Waals surface area contributed by atoms with Gasteiger partial charge >= 0.3 is 0 Å². The van der Waals surface area contributed by atoms with Gasteiger partial charge in [0.25, 0.3) is 0 Å². The van der Waals surface area contributed by atoms with Gasteiger partial charge in [0.1, 0.15) is 11.6 Å². The van der Waals surface area contributed by atoms with Gasteiger partial charge in [-0.3, -0.25) is 4.90 Å². The summed E-state index contributed by atoms with van der Waals surface area (Å²) < 4.78 is 2.10. The molecule has 0 aliphatic carbocycles. The van der Waals surface area contributed by atoms with E-state index in [1.54, 1.807) is 18.5 Å². The van der Waals surface area contributed by atoms with E-state index in [1.165, 1.54) is 5.56 Å². The molecule has 1 aliphatic rings. The molecule has 3 aromatic rings. The smallest absolute Gasteiger partial charge is 0.228 e. The van der Waals surface area contributed by atoms with E-state index in [0.717, 1.165) is 44.1 Å². The molecule has 0 aromatic carbocycles. The largest absolute Gasteiger partial charge is 0.337 e. The number of pyridine rings is 1. The second-order valence-corrected chi connectivity index (χ2v) is 6.68. The fraction of sp³-hybridized carbons (Fsp3) is 0.368. The maximum Gasteiger partial charge on any atom is 0.228 e. The first kappa shape index (κ1) is 16.7. The van der Waals surface area contributed by atoms with E-state index in [2.05, 4.69) is 53.9 Å². The zero-order chi connectivity index (χ0) is 17.8. The third-order valence-corrected chi connectivity index (χ3v) is 4.93. The molecule has 7 nitrogen and oxygen atoms in total. The molecule has 134 valence electrons. The Kier molecular flexibility index (Phi) is 4.88. The quantitative estimate of drug-likeness (QED) is 0.764. The standard InChI is InChI=1S/C19H23N7/c1-25-12-9-21-18(25)14-26-10-4-15(5-11-26)16-3-8-20-17(13-16)24-19-22-6-2-7-23-19/h2-3,6-9,12-13,15H,4-5,10-11,14H2,1H3,(H,20,22,23,24). The van der Waals surface area contributed by atoms with Crippen LogP contribution >= 0.6 is 0 Å². The number of aryl methyl sites for hydroxylation is 1. The molecule has 7 heteroatoms. The summed E-state index contributed by atoms with van der Waals surface area (Å²) in [5.74, 6) is 3.06. The SMILES string of the molecule is Cn1ccnc1CN1CCC(c2ccnc(Nc3ncccn3)c2)CC1. The molecule has 0 radical (unpaired) electrons. The molecule has 0 spiro atoms. The number of nitrogens with zero attached hydrogens (tertiary/aromatic N) is 6. The first-order valence-corrected chi connectivity index (χ1v) is 8.96. The van der Waals surface area contributed by atoms with Gasteiger partial charge in [-0.15, -0.1) is 0 Å². The van der Waals surface area contributed by atoms with Crippen LogP contribution in [0.1, 0.15) is 30.1 Å². The number of likely N-dealkylation sites (tertiary alicyclic amines) is 1. The predicted molar refractivity (Wildman–Crippen MR) is 100 cm³/mol. The molecule has 3 aromatic heterocycles. The van der Waals surface area contributed by atoms with Crippen LogP contribution in [0.5, 0.6) is 0 Å². The van der Waals surface area contributed by atoms with Gasteiger partial charge in [0.2, 0.25) is 5.95 Å². The number of imidazole rings is 1. The average molecular weight is 349 g/mol. The van der Waals surface area contributed by atoms with Crippen LogP contribution in [-0.2, 0) is 13.6 Å². The lowest BCUT2D eigenvalue weighted by molar-refractivity contribution is 0.198. The molecular formula is C19H23N7. The summed E-state index contributed by atoms with van der Waals surface area (Å²) in [5, 5.41) is 3.17. The summed E-state index contributed by atoms with van der Waals surface area (Å²) >= 11 is 0. The number of hydrogen-bond acceptors (Lipinski definition) is 6. The van der Waals surface area contributed by atoms with Gasteiger partial charge < -0.3 is 9.88 Å². The van der Waals surface area contributed by atoms with Crippen LogP contribution in [0.4, 0.5) is 11.8 Å². The molecular weight excluding hydrogens is 326 g/mol. The highest BCUT2D eigenvalue weighted by Gasteiger charge is 2.21. The lowest BCUT2D eigenvalue weighted by Gasteiger charge is -2.32. The van der Waals surface area contributed by atoms with Gasteiger partial charge in [-0.05, 0) is 55.6 Å². The van der Waals surface area contributed by atoms with Gasteiger partial charge in [0, 0.05) is 38.0 Å². The van der Waals surface area contributed by atoms with Crippen molar-refractivity contribution in [3.05, 3.63) is 60.6 Å². The molecule has 1 saturated heterocycles. The van der Waals surface area contributed by atoms with Crippen LogP contribution in [0, 0.1) is 0 Å². The van der Waals surface area contributed by atoms with Crippen LogP contribution in [-0.4, -0.2) is 42.5 Å². The Labute approximate surface area is 153 Å². The lowest BCUT2D eigenvalue weighted by atomic mass is 9.90. The van der Waals surface area contributed by atoms with Gasteiger partial charge in [-0.25, -0.2) is 19.9 Å². The minimum atomic E-state index is 0.563. The number of anilines is 2. The normalized spacial score (nSPS) is 15.9.